The lowest BCUT2D eigenvalue weighted by atomic mass is 10.1. The van der Waals surface area contributed by atoms with E-state index in [-0.39, 0.29) is 5.91 Å². The van der Waals surface area contributed by atoms with Crippen LogP contribution in [0.25, 0.3) is 32.0 Å². The topological polar surface area (TPSA) is 70.7 Å². The number of thiazole rings is 1. The first-order valence-corrected chi connectivity index (χ1v) is 8.68. The highest BCUT2D eigenvalue weighted by atomic mass is 32.1. The van der Waals surface area contributed by atoms with Gasteiger partial charge in [-0.1, -0.05) is 30.3 Å². The molecule has 25 heavy (non-hydrogen) atoms. The summed E-state index contributed by atoms with van der Waals surface area (Å²) < 4.78 is 1.08. The van der Waals surface area contributed by atoms with E-state index in [1.807, 2.05) is 54.6 Å². The van der Waals surface area contributed by atoms with Crippen LogP contribution in [0.15, 0.2) is 60.1 Å². The molecule has 0 spiro atoms. The summed E-state index contributed by atoms with van der Waals surface area (Å²) >= 11 is 1.57. The first-order chi connectivity index (χ1) is 12.3. The van der Waals surface area contributed by atoms with Gasteiger partial charge in [0.25, 0.3) is 5.91 Å². The maximum Gasteiger partial charge on any atom is 0.257 e. The Balaban J connectivity index is 1.51. The van der Waals surface area contributed by atoms with E-state index in [0.717, 1.165) is 32.0 Å². The molecule has 0 atom stereocenters. The first kappa shape index (κ1) is 14.1. The monoisotopic (exact) mass is 344 g/mol. The molecule has 0 saturated heterocycles. The number of fused-ring (bicyclic) bond motifs is 4. The average molecular weight is 344 g/mol. The maximum atomic E-state index is 12.6. The van der Waals surface area contributed by atoms with Crippen LogP contribution in [0.3, 0.4) is 0 Å². The van der Waals surface area contributed by atoms with Gasteiger partial charge >= 0.3 is 0 Å². The number of hydrogen-bond donors (Lipinski definition) is 2. The average Bonchev–Trinajstić information content (AvgIpc) is 3.26. The number of H-pyrrole nitrogens is 1. The third-order valence-corrected chi connectivity index (χ3v) is 4.99. The lowest BCUT2D eigenvalue weighted by Crippen LogP contribution is -2.12. The highest BCUT2D eigenvalue weighted by Crippen LogP contribution is 2.26. The minimum Gasteiger partial charge on any atom is -0.324 e. The predicted molar refractivity (Wildman–Crippen MR) is 101 cm³/mol. The van der Waals surface area contributed by atoms with Gasteiger partial charge in [0, 0.05) is 5.56 Å². The highest BCUT2D eigenvalue weighted by molar-refractivity contribution is 7.16. The molecule has 1 amide bonds. The number of imidazole rings is 1. The van der Waals surface area contributed by atoms with Gasteiger partial charge < -0.3 is 4.98 Å². The van der Waals surface area contributed by atoms with Crippen LogP contribution in [0.1, 0.15) is 10.4 Å². The van der Waals surface area contributed by atoms with Crippen LogP contribution in [-0.2, 0) is 0 Å². The Bertz CT molecular complexity index is 1250. The molecule has 0 bridgehead atoms. The third-order valence-electron chi connectivity index (χ3n) is 4.20. The number of rotatable bonds is 2. The van der Waals surface area contributed by atoms with E-state index < -0.39 is 0 Å². The number of carbonyl (C=O) groups excluding carboxylic acids is 1. The van der Waals surface area contributed by atoms with E-state index >= 15 is 0 Å². The molecule has 0 fully saturated rings. The lowest BCUT2D eigenvalue weighted by Gasteiger charge is -2.03. The number of anilines is 1. The summed E-state index contributed by atoms with van der Waals surface area (Å²) in [6, 6.07) is 17.6. The van der Waals surface area contributed by atoms with Crippen molar-refractivity contribution in [2.75, 3.05) is 5.32 Å². The molecular formula is C19H12N4OS. The Morgan fingerprint density at radius 2 is 1.88 bits per heavy atom. The fraction of sp³-hybridized carbons (Fsp3) is 0. The van der Waals surface area contributed by atoms with Crippen molar-refractivity contribution < 1.29 is 4.79 Å². The van der Waals surface area contributed by atoms with Crippen LogP contribution in [0.5, 0.6) is 0 Å². The zero-order valence-electron chi connectivity index (χ0n) is 13.0. The van der Waals surface area contributed by atoms with E-state index in [0.29, 0.717) is 11.5 Å². The van der Waals surface area contributed by atoms with Gasteiger partial charge in [-0.05, 0) is 35.0 Å². The van der Waals surface area contributed by atoms with Crippen molar-refractivity contribution in [1.82, 2.24) is 15.0 Å². The number of nitrogens with one attached hydrogen (secondary N) is 2. The second-order valence-electron chi connectivity index (χ2n) is 5.76. The standard InChI is InChI=1S/C19H12N4OS/c24-18(13-6-5-11-3-1-2-4-12(11)9-13)23-19-21-14-7-8-15-17(16(14)22-19)20-10-25-15/h1-10H,(H2,21,22,23,24). The molecule has 0 saturated carbocycles. The van der Waals surface area contributed by atoms with Crippen LogP contribution < -0.4 is 5.32 Å². The molecule has 0 unspecified atom stereocenters. The fourth-order valence-electron chi connectivity index (χ4n) is 2.97. The van der Waals surface area contributed by atoms with Crippen molar-refractivity contribution in [3.05, 3.63) is 65.7 Å². The zero-order chi connectivity index (χ0) is 16.8. The molecule has 5 nitrogen and oxygen atoms in total. The number of carbonyl (C=O) groups is 1. The molecule has 5 aromatic rings. The summed E-state index contributed by atoms with van der Waals surface area (Å²) in [4.78, 5) is 24.6. The summed E-state index contributed by atoms with van der Waals surface area (Å²) in [6.07, 6.45) is 0. The molecule has 2 heterocycles. The lowest BCUT2D eigenvalue weighted by molar-refractivity contribution is 0.102. The third kappa shape index (κ3) is 2.35. The molecule has 6 heteroatoms. The second-order valence-corrected chi connectivity index (χ2v) is 6.65. The van der Waals surface area contributed by atoms with Gasteiger partial charge in [-0.2, -0.15) is 0 Å². The van der Waals surface area contributed by atoms with Crippen molar-refractivity contribution in [3.63, 3.8) is 0 Å². The van der Waals surface area contributed by atoms with Crippen LogP contribution in [0.2, 0.25) is 0 Å². The van der Waals surface area contributed by atoms with E-state index in [4.69, 9.17) is 0 Å². The van der Waals surface area contributed by atoms with Gasteiger partial charge in [0.05, 0.1) is 15.7 Å². The summed E-state index contributed by atoms with van der Waals surface area (Å²) in [5, 5.41) is 4.98. The Hall–Kier alpha value is -3.25. The molecule has 0 aliphatic heterocycles. The van der Waals surface area contributed by atoms with Crippen LogP contribution >= 0.6 is 11.3 Å². The molecule has 5 rings (SSSR count). The number of amides is 1. The molecule has 0 radical (unpaired) electrons. The van der Waals surface area contributed by atoms with E-state index in [1.54, 1.807) is 16.8 Å². The van der Waals surface area contributed by atoms with Crippen molar-refractivity contribution in [3.8, 4) is 0 Å². The van der Waals surface area contributed by atoms with Gasteiger partial charge in [-0.25, -0.2) is 9.97 Å². The van der Waals surface area contributed by atoms with Crippen molar-refractivity contribution in [2.45, 2.75) is 0 Å². The normalized spacial score (nSPS) is 11.4. The van der Waals surface area contributed by atoms with Crippen LogP contribution in [0.4, 0.5) is 5.95 Å². The molecule has 3 aromatic carbocycles. The largest absolute Gasteiger partial charge is 0.324 e. The van der Waals surface area contributed by atoms with Gasteiger partial charge in [0.2, 0.25) is 5.95 Å². The van der Waals surface area contributed by atoms with Gasteiger partial charge in [-0.3, -0.25) is 10.1 Å². The Kier molecular flexibility index (Phi) is 3.05. The molecule has 120 valence electrons. The summed E-state index contributed by atoms with van der Waals surface area (Å²) in [5.74, 6) is 0.230. The minimum atomic E-state index is -0.195. The predicted octanol–water partition coefficient (Wildman–Crippen LogP) is 4.58. The van der Waals surface area contributed by atoms with Crippen molar-refractivity contribution in [2.24, 2.45) is 0 Å². The second kappa shape index (κ2) is 5.39. The van der Waals surface area contributed by atoms with Crippen LogP contribution in [0, 0.1) is 0 Å². The number of hydrogen-bond acceptors (Lipinski definition) is 4. The molecular weight excluding hydrogens is 332 g/mol. The molecule has 2 N–H and O–H groups in total. The van der Waals surface area contributed by atoms with Gasteiger partial charge in [-0.15, -0.1) is 11.3 Å². The smallest absolute Gasteiger partial charge is 0.257 e. The van der Waals surface area contributed by atoms with Crippen LogP contribution in [-0.4, -0.2) is 20.9 Å². The minimum absolute atomic E-state index is 0.195. The first-order valence-electron chi connectivity index (χ1n) is 7.80. The van der Waals surface area contributed by atoms with Gasteiger partial charge in [0.1, 0.15) is 11.0 Å². The SMILES string of the molecule is O=C(Nc1nc2c(ccc3scnc32)[nH]1)c1ccc2ccccc2c1. The van der Waals surface area contributed by atoms with Crippen molar-refractivity contribution >= 4 is 55.2 Å². The summed E-state index contributed by atoms with van der Waals surface area (Å²) in [5.41, 5.74) is 4.87. The molecule has 2 aromatic heterocycles. The number of aromatic nitrogens is 3. The quantitative estimate of drug-likeness (QED) is 0.492. The van der Waals surface area contributed by atoms with Gasteiger partial charge in [0.15, 0.2) is 0 Å². The molecule has 0 aliphatic rings. The fourth-order valence-corrected chi connectivity index (χ4v) is 3.65. The van der Waals surface area contributed by atoms with E-state index in [9.17, 15) is 4.79 Å². The zero-order valence-corrected chi connectivity index (χ0v) is 13.8. The highest BCUT2D eigenvalue weighted by Gasteiger charge is 2.12. The summed E-state index contributed by atoms with van der Waals surface area (Å²) in [7, 11) is 0. The molecule has 0 aliphatic carbocycles. The Morgan fingerprint density at radius 1 is 1.00 bits per heavy atom. The number of aromatic amines is 1. The number of benzene rings is 3. The summed E-state index contributed by atoms with van der Waals surface area (Å²) in [6.45, 7) is 0. The Labute approximate surface area is 146 Å². The van der Waals surface area contributed by atoms with E-state index in [1.165, 1.54) is 0 Å². The number of nitrogens with zero attached hydrogens (tertiary/aromatic N) is 2. The van der Waals surface area contributed by atoms with Crippen molar-refractivity contribution in [1.29, 1.82) is 0 Å². The Morgan fingerprint density at radius 3 is 2.80 bits per heavy atom. The maximum absolute atomic E-state index is 12.6. The van der Waals surface area contributed by atoms with E-state index in [2.05, 4.69) is 20.3 Å².